The highest BCUT2D eigenvalue weighted by Crippen LogP contribution is 2.14. The van der Waals surface area contributed by atoms with Crippen molar-refractivity contribution in [1.82, 2.24) is 29.5 Å². The van der Waals surface area contributed by atoms with E-state index >= 15 is 0 Å². The molecule has 3 aromatic heterocycles. The molecule has 0 fully saturated rings. The molecule has 0 saturated heterocycles. The molecule has 1 aliphatic rings. The summed E-state index contributed by atoms with van der Waals surface area (Å²) in [7, 11) is 0. The molecule has 24 heavy (non-hydrogen) atoms. The lowest BCUT2D eigenvalue weighted by Crippen LogP contribution is -2.43. The van der Waals surface area contributed by atoms with Crippen LogP contribution in [0.5, 0.6) is 0 Å². The molecule has 122 valence electrons. The molecule has 1 atom stereocenters. The summed E-state index contributed by atoms with van der Waals surface area (Å²) < 4.78 is 3.37. The second-order valence-corrected chi connectivity index (χ2v) is 5.89. The third-order valence-electron chi connectivity index (χ3n) is 4.33. The van der Waals surface area contributed by atoms with Gasteiger partial charge in [-0.2, -0.15) is 0 Å². The second kappa shape index (κ2) is 5.55. The molecular weight excluding hydrogens is 308 g/mol. The zero-order valence-electron chi connectivity index (χ0n) is 13.1. The van der Waals surface area contributed by atoms with Crippen molar-refractivity contribution < 1.29 is 4.79 Å². The average Bonchev–Trinajstić information content (AvgIpc) is 2.96. The lowest BCUT2D eigenvalue weighted by atomic mass is 10.1. The summed E-state index contributed by atoms with van der Waals surface area (Å²) in [6.07, 6.45) is 4.47. The van der Waals surface area contributed by atoms with Crippen molar-refractivity contribution in [3.8, 4) is 0 Å². The Kier molecular flexibility index (Phi) is 3.37. The van der Waals surface area contributed by atoms with E-state index < -0.39 is 5.91 Å². The third-order valence-corrected chi connectivity index (χ3v) is 4.33. The molecule has 0 bridgehead atoms. The molecule has 1 amide bonds. The van der Waals surface area contributed by atoms with Crippen molar-refractivity contribution in [3.05, 3.63) is 58.2 Å². The van der Waals surface area contributed by atoms with Gasteiger partial charge in [0.05, 0.1) is 0 Å². The monoisotopic (exact) mass is 324 g/mol. The maximum absolute atomic E-state index is 12.5. The number of nitrogens with zero attached hydrogens (tertiary/aromatic N) is 5. The van der Waals surface area contributed by atoms with Gasteiger partial charge < -0.3 is 9.88 Å². The standard InChI is InChI=1S/C16H16N6O2/c1-10-19-20-14-6-5-11(9-22(10)14)18-15(23)12-8-17-13-4-2-3-7-21(13)16(12)24/h2-4,7-8,11H,5-6,9H2,1H3,(H,18,23). The fourth-order valence-corrected chi connectivity index (χ4v) is 3.03. The highest BCUT2D eigenvalue weighted by molar-refractivity contribution is 5.93. The van der Waals surface area contributed by atoms with E-state index in [9.17, 15) is 9.59 Å². The number of pyridine rings is 1. The lowest BCUT2D eigenvalue weighted by Gasteiger charge is -2.24. The summed E-state index contributed by atoms with van der Waals surface area (Å²) in [5, 5.41) is 11.1. The van der Waals surface area contributed by atoms with Gasteiger partial charge in [0.2, 0.25) is 0 Å². The Balaban J connectivity index is 1.58. The van der Waals surface area contributed by atoms with Crippen LogP contribution in [0.15, 0.2) is 35.4 Å². The third kappa shape index (κ3) is 2.36. The maximum Gasteiger partial charge on any atom is 0.270 e. The fraction of sp³-hybridized carbons (Fsp3) is 0.312. The van der Waals surface area contributed by atoms with E-state index in [2.05, 4.69) is 20.5 Å². The highest BCUT2D eigenvalue weighted by atomic mass is 16.2. The van der Waals surface area contributed by atoms with Gasteiger partial charge in [-0.15, -0.1) is 10.2 Å². The summed E-state index contributed by atoms with van der Waals surface area (Å²) in [6.45, 7) is 2.50. The van der Waals surface area contributed by atoms with E-state index in [0.717, 1.165) is 24.5 Å². The van der Waals surface area contributed by atoms with Gasteiger partial charge in [0.15, 0.2) is 0 Å². The van der Waals surface area contributed by atoms with Gasteiger partial charge in [-0.25, -0.2) is 4.98 Å². The lowest BCUT2D eigenvalue weighted by molar-refractivity contribution is 0.0925. The predicted molar refractivity (Wildman–Crippen MR) is 85.8 cm³/mol. The minimum Gasteiger partial charge on any atom is -0.347 e. The quantitative estimate of drug-likeness (QED) is 0.733. The molecule has 8 nitrogen and oxygen atoms in total. The van der Waals surface area contributed by atoms with E-state index in [-0.39, 0.29) is 17.2 Å². The Bertz CT molecular complexity index is 990. The van der Waals surface area contributed by atoms with Crippen LogP contribution in [0.1, 0.15) is 28.4 Å². The van der Waals surface area contributed by atoms with Crippen LogP contribution in [0.25, 0.3) is 5.65 Å². The normalized spacial score (nSPS) is 16.8. The molecule has 0 aliphatic carbocycles. The Hall–Kier alpha value is -3.03. The number of nitrogens with one attached hydrogen (secondary N) is 1. The number of fused-ring (bicyclic) bond motifs is 2. The first-order valence-corrected chi connectivity index (χ1v) is 7.79. The molecule has 8 heteroatoms. The summed E-state index contributed by atoms with van der Waals surface area (Å²) in [6, 6.07) is 5.19. The first kappa shape index (κ1) is 14.6. The zero-order chi connectivity index (χ0) is 16.7. The number of amides is 1. The first-order chi connectivity index (χ1) is 11.6. The number of aryl methyl sites for hydroxylation is 2. The van der Waals surface area contributed by atoms with Crippen molar-refractivity contribution >= 4 is 11.6 Å². The first-order valence-electron chi connectivity index (χ1n) is 7.79. The van der Waals surface area contributed by atoms with Gasteiger partial charge in [0.25, 0.3) is 11.5 Å². The van der Waals surface area contributed by atoms with Crippen molar-refractivity contribution in [1.29, 1.82) is 0 Å². The summed E-state index contributed by atoms with van der Waals surface area (Å²) >= 11 is 0. The number of aromatic nitrogens is 5. The van der Waals surface area contributed by atoms with E-state index in [1.165, 1.54) is 10.6 Å². The van der Waals surface area contributed by atoms with Gasteiger partial charge in [-0.1, -0.05) is 6.07 Å². The van der Waals surface area contributed by atoms with Crippen LogP contribution >= 0.6 is 0 Å². The van der Waals surface area contributed by atoms with Gasteiger partial charge >= 0.3 is 0 Å². The number of carbonyl (C=O) groups is 1. The van der Waals surface area contributed by atoms with Crippen LogP contribution < -0.4 is 10.9 Å². The SMILES string of the molecule is Cc1nnc2n1CC(NC(=O)c1cnc3ccccn3c1=O)CC2. The second-order valence-electron chi connectivity index (χ2n) is 5.89. The minimum absolute atomic E-state index is 0.0463. The van der Waals surface area contributed by atoms with E-state index in [4.69, 9.17) is 0 Å². The molecule has 1 N–H and O–H groups in total. The molecule has 0 radical (unpaired) electrons. The summed E-state index contributed by atoms with van der Waals surface area (Å²) in [5.74, 6) is 1.37. The van der Waals surface area contributed by atoms with Crippen LogP contribution in [0.4, 0.5) is 0 Å². The molecule has 1 unspecified atom stereocenters. The Labute approximate surface area is 137 Å². The van der Waals surface area contributed by atoms with Crippen LogP contribution in [0.2, 0.25) is 0 Å². The van der Waals surface area contributed by atoms with Crippen molar-refractivity contribution in [2.45, 2.75) is 32.4 Å². The Morgan fingerprint density at radius 2 is 2.21 bits per heavy atom. The van der Waals surface area contributed by atoms with E-state index in [1.54, 1.807) is 24.4 Å². The molecule has 1 aliphatic heterocycles. The molecule has 0 saturated carbocycles. The van der Waals surface area contributed by atoms with Gasteiger partial charge in [0.1, 0.15) is 22.9 Å². The van der Waals surface area contributed by atoms with Crippen LogP contribution in [-0.2, 0) is 13.0 Å². The predicted octanol–water partition coefficient (Wildman–Crippen LogP) is 0.339. The van der Waals surface area contributed by atoms with Crippen LogP contribution in [0.3, 0.4) is 0 Å². The van der Waals surface area contributed by atoms with Crippen molar-refractivity contribution in [3.63, 3.8) is 0 Å². The average molecular weight is 324 g/mol. The summed E-state index contributed by atoms with van der Waals surface area (Å²) in [5.41, 5.74) is 0.196. The van der Waals surface area contributed by atoms with E-state index in [1.807, 2.05) is 11.5 Å². The zero-order valence-corrected chi connectivity index (χ0v) is 13.1. The van der Waals surface area contributed by atoms with Crippen molar-refractivity contribution in [2.75, 3.05) is 0 Å². The highest BCUT2D eigenvalue weighted by Gasteiger charge is 2.24. The molecule has 3 aromatic rings. The van der Waals surface area contributed by atoms with Gasteiger partial charge in [-0.3, -0.25) is 14.0 Å². The molecular formula is C16H16N6O2. The van der Waals surface area contributed by atoms with E-state index in [0.29, 0.717) is 12.2 Å². The Morgan fingerprint density at radius 1 is 1.33 bits per heavy atom. The van der Waals surface area contributed by atoms with Crippen LogP contribution in [-0.4, -0.2) is 36.1 Å². The number of hydrogen-bond acceptors (Lipinski definition) is 5. The topological polar surface area (TPSA) is 94.2 Å². The van der Waals surface area contributed by atoms with Crippen molar-refractivity contribution in [2.24, 2.45) is 0 Å². The Morgan fingerprint density at radius 3 is 3.08 bits per heavy atom. The molecule has 4 heterocycles. The minimum atomic E-state index is -0.398. The molecule has 4 rings (SSSR count). The largest absolute Gasteiger partial charge is 0.347 e. The maximum atomic E-state index is 12.5. The van der Waals surface area contributed by atoms with Crippen LogP contribution in [0, 0.1) is 6.92 Å². The number of rotatable bonds is 2. The van der Waals surface area contributed by atoms with Gasteiger partial charge in [0, 0.05) is 31.4 Å². The smallest absolute Gasteiger partial charge is 0.270 e. The summed E-state index contributed by atoms with van der Waals surface area (Å²) in [4.78, 5) is 29.1. The number of carbonyl (C=O) groups excluding carboxylic acids is 1. The molecule has 0 spiro atoms. The van der Waals surface area contributed by atoms with Gasteiger partial charge in [-0.05, 0) is 25.5 Å². The molecule has 0 aromatic carbocycles. The fourth-order valence-electron chi connectivity index (χ4n) is 3.03. The number of hydrogen-bond donors (Lipinski definition) is 1.